The third-order valence-electron chi connectivity index (χ3n) is 5.81. The molecule has 0 amide bonds. The van der Waals surface area contributed by atoms with Gasteiger partial charge in [-0.05, 0) is 35.4 Å². The second-order valence-electron chi connectivity index (χ2n) is 7.54. The molecule has 0 unspecified atom stereocenters. The Bertz CT molecular complexity index is 1090. The minimum atomic E-state index is -0.568. The molecule has 6 nitrogen and oxygen atoms in total. The third kappa shape index (κ3) is 4.07. The summed E-state index contributed by atoms with van der Waals surface area (Å²) >= 11 is 0. The summed E-state index contributed by atoms with van der Waals surface area (Å²) in [6, 6.07) is 25.6. The Morgan fingerprint density at radius 1 is 0.636 bits per heavy atom. The number of carbonyl (C=O) groups excluding carboxylic acids is 2. The molecule has 0 bridgehead atoms. The molecular weight excluding hydrogens is 418 g/mol. The van der Waals surface area contributed by atoms with Crippen LogP contribution in [0.15, 0.2) is 96.1 Å². The number of esters is 2. The Morgan fingerprint density at radius 3 is 1.42 bits per heavy atom. The first-order chi connectivity index (χ1) is 16.1. The summed E-state index contributed by atoms with van der Waals surface area (Å²) in [4.78, 5) is 28.4. The number of nitrogens with zero attached hydrogens (tertiary/aromatic N) is 1. The molecule has 3 aromatic rings. The van der Waals surface area contributed by atoms with Gasteiger partial charge in [0, 0.05) is 5.69 Å². The van der Waals surface area contributed by atoms with E-state index in [-0.39, 0.29) is 11.1 Å². The van der Waals surface area contributed by atoms with E-state index in [1.165, 1.54) is 14.2 Å². The van der Waals surface area contributed by atoms with Gasteiger partial charge in [-0.3, -0.25) is 0 Å². The third-order valence-corrected chi connectivity index (χ3v) is 5.81. The number of anilines is 1. The van der Waals surface area contributed by atoms with Gasteiger partial charge in [0.25, 0.3) is 0 Å². The second kappa shape index (κ2) is 9.61. The lowest BCUT2D eigenvalue weighted by Crippen LogP contribution is -2.30. The maximum Gasteiger partial charge on any atom is 0.336 e. The van der Waals surface area contributed by atoms with Crippen molar-refractivity contribution < 1.29 is 23.8 Å². The molecule has 0 saturated carbocycles. The maximum absolute atomic E-state index is 13.1. The minimum absolute atomic E-state index is 0.264. The normalized spacial score (nSPS) is 17.6. The molecule has 0 N–H and O–H groups in total. The average molecular weight is 443 g/mol. The fourth-order valence-electron chi connectivity index (χ4n) is 4.36. The Kier molecular flexibility index (Phi) is 6.45. The molecule has 6 heteroatoms. The number of carbonyl (C=O) groups is 2. The monoisotopic (exact) mass is 443 g/mol. The summed E-state index contributed by atoms with van der Waals surface area (Å²) in [6.45, 7) is 0. The van der Waals surface area contributed by atoms with Crippen LogP contribution in [0.3, 0.4) is 0 Å². The predicted molar refractivity (Wildman–Crippen MR) is 125 cm³/mol. The molecule has 0 aromatic heterocycles. The highest BCUT2D eigenvalue weighted by atomic mass is 16.5. The Balaban J connectivity index is 2.03. The topological polar surface area (TPSA) is 65.1 Å². The molecule has 1 aliphatic heterocycles. The van der Waals surface area contributed by atoms with Crippen molar-refractivity contribution in [2.24, 2.45) is 0 Å². The number of methoxy groups -OCH3 is 3. The van der Waals surface area contributed by atoms with Crippen molar-refractivity contribution in [1.82, 2.24) is 0 Å². The van der Waals surface area contributed by atoms with Gasteiger partial charge >= 0.3 is 11.9 Å². The van der Waals surface area contributed by atoms with E-state index in [0.29, 0.717) is 5.75 Å². The summed E-state index contributed by atoms with van der Waals surface area (Å²) in [7, 11) is 4.25. The summed E-state index contributed by atoms with van der Waals surface area (Å²) in [5.74, 6) is -0.429. The van der Waals surface area contributed by atoms with E-state index in [4.69, 9.17) is 14.2 Å². The number of ether oxygens (including phenoxy) is 3. The van der Waals surface area contributed by atoms with Crippen LogP contribution in [-0.4, -0.2) is 33.3 Å². The standard InChI is InChI=1S/C27H25NO5/c1-31-21-16-14-20(15-17-21)28-24(18-10-6-4-7-11-18)22(26(29)32-2)23(27(30)33-3)25(28)19-12-8-5-9-13-19/h4-17,24-25H,1-3H3/t24-,25+. The molecule has 33 heavy (non-hydrogen) atoms. The van der Waals surface area contributed by atoms with Crippen molar-refractivity contribution >= 4 is 17.6 Å². The SMILES string of the molecule is COC(=O)C1=C(C(=O)OC)[C@@H](c2ccccc2)N(c2ccc(OC)cc2)[C@H]1c1ccccc1. The molecular formula is C27H25NO5. The summed E-state index contributed by atoms with van der Waals surface area (Å²) < 4.78 is 15.7. The van der Waals surface area contributed by atoms with Gasteiger partial charge in [-0.1, -0.05) is 60.7 Å². The lowest BCUT2D eigenvalue weighted by atomic mass is 9.95. The zero-order valence-electron chi connectivity index (χ0n) is 18.7. The molecule has 2 atom stereocenters. The van der Waals surface area contributed by atoms with Crippen LogP contribution in [0, 0.1) is 0 Å². The Hall–Kier alpha value is -4.06. The first-order valence-corrected chi connectivity index (χ1v) is 10.5. The molecule has 0 saturated heterocycles. The highest BCUT2D eigenvalue weighted by Crippen LogP contribution is 2.51. The summed E-state index contributed by atoms with van der Waals surface area (Å²) in [6.07, 6.45) is 0. The van der Waals surface area contributed by atoms with Gasteiger partial charge < -0.3 is 19.1 Å². The molecule has 0 radical (unpaired) electrons. The summed E-state index contributed by atoms with van der Waals surface area (Å²) in [5, 5.41) is 0. The zero-order valence-corrected chi connectivity index (χ0v) is 18.7. The highest BCUT2D eigenvalue weighted by Gasteiger charge is 2.48. The van der Waals surface area contributed by atoms with Crippen molar-refractivity contribution in [2.45, 2.75) is 12.1 Å². The van der Waals surface area contributed by atoms with Crippen molar-refractivity contribution in [3.8, 4) is 5.75 Å². The van der Waals surface area contributed by atoms with Gasteiger partial charge in [-0.25, -0.2) is 9.59 Å². The van der Waals surface area contributed by atoms with E-state index in [2.05, 4.69) is 4.90 Å². The van der Waals surface area contributed by atoms with E-state index in [1.54, 1.807) is 7.11 Å². The van der Waals surface area contributed by atoms with E-state index in [9.17, 15) is 9.59 Å². The lowest BCUT2D eigenvalue weighted by molar-refractivity contribution is -0.139. The number of hydrogen-bond acceptors (Lipinski definition) is 6. The van der Waals surface area contributed by atoms with Crippen LogP contribution in [0.4, 0.5) is 5.69 Å². The van der Waals surface area contributed by atoms with Crippen LogP contribution in [0.5, 0.6) is 5.75 Å². The zero-order chi connectivity index (χ0) is 23.4. The van der Waals surface area contributed by atoms with Crippen LogP contribution in [0.1, 0.15) is 23.2 Å². The smallest absolute Gasteiger partial charge is 0.336 e. The minimum Gasteiger partial charge on any atom is -0.497 e. The molecule has 168 valence electrons. The Morgan fingerprint density at radius 2 is 1.06 bits per heavy atom. The Labute approximate surface area is 193 Å². The quantitative estimate of drug-likeness (QED) is 0.517. The number of rotatable bonds is 6. The second-order valence-corrected chi connectivity index (χ2v) is 7.54. The molecule has 1 heterocycles. The number of benzene rings is 3. The fourth-order valence-corrected chi connectivity index (χ4v) is 4.36. The van der Waals surface area contributed by atoms with Crippen LogP contribution in [0.2, 0.25) is 0 Å². The largest absolute Gasteiger partial charge is 0.497 e. The molecule has 1 aliphatic rings. The predicted octanol–water partition coefficient (Wildman–Crippen LogP) is 4.64. The maximum atomic E-state index is 13.1. The molecule has 0 aliphatic carbocycles. The first-order valence-electron chi connectivity index (χ1n) is 10.5. The molecule has 0 fully saturated rings. The number of hydrogen-bond donors (Lipinski definition) is 0. The molecule has 0 spiro atoms. The van der Waals surface area contributed by atoms with Gasteiger partial charge in [0.2, 0.25) is 0 Å². The van der Waals surface area contributed by atoms with Gasteiger partial charge in [0.05, 0.1) is 44.6 Å². The van der Waals surface area contributed by atoms with Crippen LogP contribution >= 0.6 is 0 Å². The van der Waals surface area contributed by atoms with E-state index in [1.807, 2.05) is 84.9 Å². The van der Waals surface area contributed by atoms with Crippen molar-refractivity contribution in [3.05, 3.63) is 107 Å². The van der Waals surface area contributed by atoms with Crippen LogP contribution in [-0.2, 0) is 19.1 Å². The first kappa shape index (κ1) is 22.1. The highest BCUT2D eigenvalue weighted by molar-refractivity contribution is 6.05. The average Bonchev–Trinajstić information content (AvgIpc) is 3.25. The van der Waals surface area contributed by atoms with Crippen molar-refractivity contribution in [1.29, 1.82) is 0 Å². The van der Waals surface area contributed by atoms with Gasteiger partial charge in [0.15, 0.2) is 0 Å². The van der Waals surface area contributed by atoms with E-state index < -0.39 is 24.0 Å². The molecule has 4 rings (SSSR count). The van der Waals surface area contributed by atoms with Gasteiger partial charge in [-0.15, -0.1) is 0 Å². The van der Waals surface area contributed by atoms with Crippen molar-refractivity contribution in [3.63, 3.8) is 0 Å². The van der Waals surface area contributed by atoms with Crippen LogP contribution < -0.4 is 9.64 Å². The van der Waals surface area contributed by atoms with E-state index in [0.717, 1.165) is 16.8 Å². The molecule has 3 aromatic carbocycles. The van der Waals surface area contributed by atoms with E-state index >= 15 is 0 Å². The van der Waals surface area contributed by atoms with Gasteiger partial charge in [0.1, 0.15) is 5.75 Å². The van der Waals surface area contributed by atoms with Crippen LogP contribution in [0.25, 0.3) is 0 Å². The summed E-state index contributed by atoms with van der Waals surface area (Å²) in [5.41, 5.74) is 3.06. The van der Waals surface area contributed by atoms with Crippen molar-refractivity contribution in [2.75, 3.05) is 26.2 Å². The lowest BCUT2D eigenvalue weighted by Gasteiger charge is -2.34. The fraction of sp³-hybridized carbons (Fsp3) is 0.185. The van der Waals surface area contributed by atoms with Gasteiger partial charge in [-0.2, -0.15) is 0 Å².